The smallest absolute Gasteiger partial charge is 0.255 e. The van der Waals surface area contributed by atoms with E-state index in [0.29, 0.717) is 22.0 Å². The zero-order chi connectivity index (χ0) is 20.1. The summed E-state index contributed by atoms with van der Waals surface area (Å²) in [4.78, 5) is 19.3. The molecule has 0 saturated carbocycles. The van der Waals surface area contributed by atoms with Gasteiger partial charge < -0.3 is 20.5 Å². The zero-order valence-electron chi connectivity index (χ0n) is 16.0. The Morgan fingerprint density at radius 2 is 2.25 bits per heavy atom. The number of piperidine rings is 1. The monoisotopic (exact) mass is 404 g/mol. The van der Waals surface area contributed by atoms with Gasteiger partial charge in [-0.2, -0.15) is 0 Å². The predicted octanol–water partition coefficient (Wildman–Crippen LogP) is 2.35. The van der Waals surface area contributed by atoms with E-state index in [1.807, 2.05) is 12.3 Å². The highest BCUT2D eigenvalue weighted by atomic mass is 35.5. The Balaban J connectivity index is 1.66. The molecule has 1 amide bonds. The summed E-state index contributed by atoms with van der Waals surface area (Å²) in [7, 11) is 3.16. The lowest BCUT2D eigenvalue weighted by atomic mass is 10.00. The summed E-state index contributed by atoms with van der Waals surface area (Å²) in [5.74, 6) is 0.133. The minimum Gasteiger partial charge on any atom is -0.496 e. The van der Waals surface area contributed by atoms with Crippen LogP contribution >= 0.6 is 11.6 Å². The van der Waals surface area contributed by atoms with Gasteiger partial charge >= 0.3 is 0 Å². The quantitative estimate of drug-likeness (QED) is 0.718. The normalized spacial score (nSPS) is 20.0. The molecular weight excluding hydrogens is 380 g/mol. The first kappa shape index (κ1) is 20.4. The number of nitrogen functional groups attached to an aromatic ring is 1. The topological polar surface area (TPSA) is 89.7 Å². The minimum atomic E-state index is -0.258. The molecule has 1 aromatic carbocycles. The molecule has 1 aliphatic rings. The van der Waals surface area contributed by atoms with E-state index in [1.54, 1.807) is 19.4 Å². The van der Waals surface area contributed by atoms with Crippen LogP contribution in [0.3, 0.4) is 0 Å². The van der Waals surface area contributed by atoms with Crippen LogP contribution in [0, 0.1) is 0 Å². The van der Waals surface area contributed by atoms with Crippen LogP contribution in [0.5, 0.6) is 5.75 Å². The number of nitrogens with zero attached hydrogens (tertiary/aromatic N) is 2. The average Bonchev–Trinajstić information content (AvgIpc) is 2.71. The van der Waals surface area contributed by atoms with Crippen LogP contribution in [0.2, 0.25) is 5.02 Å². The molecular formula is C20H25ClN4O3. The molecule has 0 spiro atoms. The SMILES string of the molecule is COc1cc(N)c(Cl)cc1C(=O)N[C@@H]1CCN(Cc2cccnc2)C[C@@H]1OC. The summed E-state index contributed by atoms with van der Waals surface area (Å²) in [6.45, 7) is 2.37. The highest BCUT2D eigenvalue weighted by Crippen LogP contribution is 2.29. The maximum absolute atomic E-state index is 12.8. The fraction of sp³-hybridized carbons (Fsp3) is 0.400. The van der Waals surface area contributed by atoms with Crippen molar-refractivity contribution >= 4 is 23.2 Å². The van der Waals surface area contributed by atoms with Crippen LogP contribution < -0.4 is 15.8 Å². The molecule has 1 aromatic heterocycles. The molecule has 1 saturated heterocycles. The number of likely N-dealkylation sites (tertiary alicyclic amines) is 1. The van der Waals surface area contributed by atoms with Crippen LogP contribution in [0.1, 0.15) is 22.3 Å². The number of amides is 1. The average molecular weight is 405 g/mol. The summed E-state index contributed by atoms with van der Waals surface area (Å²) in [6, 6.07) is 6.97. The first-order valence-electron chi connectivity index (χ1n) is 9.09. The number of benzene rings is 1. The number of methoxy groups -OCH3 is 2. The molecule has 0 unspecified atom stereocenters. The van der Waals surface area contributed by atoms with Gasteiger partial charge in [0.2, 0.25) is 0 Å². The number of aromatic nitrogens is 1. The number of anilines is 1. The van der Waals surface area contributed by atoms with E-state index in [1.165, 1.54) is 13.2 Å². The van der Waals surface area contributed by atoms with Crippen molar-refractivity contribution in [3.8, 4) is 5.75 Å². The molecule has 0 aliphatic carbocycles. The van der Waals surface area contributed by atoms with E-state index in [9.17, 15) is 4.79 Å². The van der Waals surface area contributed by atoms with Crippen molar-refractivity contribution < 1.29 is 14.3 Å². The van der Waals surface area contributed by atoms with Crippen LogP contribution in [0.25, 0.3) is 0 Å². The maximum Gasteiger partial charge on any atom is 0.255 e. The molecule has 8 heteroatoms. The Labute approximate surface area is 169 Å². The van der Waals surface area contributed by atoms with Gasteiger partial charge in [0.25, 0.3) is 5.91 Å². The van der Waals surface area contributed by atoms with E-state index >= 15 is 0 Å². The van der Waals surface area contributed by atoms with Crippen molar-refractivity contribution in [2.75, 3.05) is 33.0 Å². The van der Waals surface area contributed by atoms with E-state index in [4.69, 9.17) is 26.8 Å². The Hall–Kier alpha value is -2.35. The van der Waals surface area contributed by atoms with Gasteiger partial charge in [-0.15, -0.1) is 0 Å². The van der Waals surface area contributed by atoms with Crippen LogP contribution in [0.15, 0.2) is 36.7 Å². The number of rotatable bonds is 6. The van der Waals surface area contributed by atoms with Crippen LogP contribution in [-0.4, -0.2) is 55.2 Å². The van der Waals surface area contributed by atoms with Crippen molar-refractivity contribution in [3.05, 3.63) is 52.8 Å². The number of nitrogens with two attached hydrogens (primary N) is 1. The van der Waals surface area contributed by atoms with Gasteiger partial charge in [-0.25, -0.2) is 0 Å². The van der Waals surface area contributed by atoms with E-state index in [2.05, 4.69) is 21.3 Å². The number of halogens is 1. The molecule has 2 heterocycles. The molecule has 2 atom stereocenters. The van der Waals surface area contributed by atoms with Crippen molar-refractivity contribution in [1.29, 1.82) is 0 Å². The van der Waals surface area contributed by atoms with Crippen molar-refractivity contribution in [1.82, 2.24) is 15.2 Å². The molecule has 7 nitrogen and oxygen atoms in total. The Morgan fingerprint density at radius 1 is 1.43 bits per heavy atom. The molecule has 28 heavy (non-hydrogen) atoms. The number of carbonyl (C=O) groups excluding carboxylic acids is 1. The number of ether oxygens (including phenoxy) is 2. The van der Waals surface area contributed by atoms with Gasteiger partial charge in [0.15, 0.2) is 0 Å². The summed E-state index contributed by atoms with van der Waals surface area (Å²) in [5, 5.41) is 3.38. The standard InChI is InChI=1S/C20H25ClN4O3/c1-27-18-9-16(22)15(21)8-14(18)20(26)24-17-5-7-25(12-19(17)28-2)11-13-4-3-6-23-10-13/h3-4,6,8-10,17,19H,5,7,11-12,22H2,1-2H3,(H,24,26)/t17-,19+/m1/s1. The number of pyridine rings is 1. The number of carbonyl (C=O) groups is 1. The van der Waals surface area contributed by atoms with Crippen molar-refractivity contribution in [3.63, 3.8) is 0 Å². The molecule has 150 valence electrons. The molecule has 3 N–H and O–H groups in total. The highest BCUT2D eigenvalue weighted by molar-refractivity contribution is 6.33. The fourth-order valence-electron chi connectivity index (χ4n) is 3.44. The number of nitrogens with one attached hydrogen (secondary N) is 1. The molecule has 1 fully saturated rings. The number of hydrogen-bond donors (Lipinski definition) is 2. The summed E-state index contributed by atoms with van der Waals surface area (Å²) in [5.41, 5.74) is 7.68. The summed E-state index contributed by atoms with van der Waals surface area (Å²) >= 11 is 6.08. The lowest BCUT2D eigenvalue weighted by Crippen LogP contribution is -2.54. The van der Waals surface area contributed by atoms with E-state index in [-0.39, 0.29) is 18.1 Å². The van der Waals surface area contributed by atoms with Gasteiger partial charge in [-0.1, -0.05) is 17.7 Å². The van der Waals surface area contributed by atoms with Gasteiger partial charge in [-0.3, -0.25) is 14.7 Å². The predicted molar refractivity (Wildman–Crippen MR) is 109 cm³/mol. The van der Waals surface area contributed by atoms with Gasteiger partial charge in [0.1, 0.15) is 5.75 Å². The highest BCUT2D eigenvalue weighted by Gasteiger charge is 2.31. The fourth-order valence-corrected chi connectivity index (χ4v) is 3.60. The summed E-state index contributed by atoms with van der Waals surface area (Å²) < 4.78 is 10.9. The Bertz CT molecular complexity index is 819. The Kier molecular flexibility index (Phi) is 6.72. The third-order valence-corrected chi connectivity index (χ3v) is 5.28. The van der Waals surface area contributed by atoms with Gasteiger partial charge in [0.05, 0.1) is 35.5 Å². The molecule has 0 radical (unpaired) electrons. The van der Waals surface area contributed by atoms with Crippen LogP contribution in [-0.2, 0) is 11.3 Å². The molecule has 0 bridgehead atoms. The molecule has 2 aromatic rings. The zero-order valence-corrected chi connectivity index (χ0v) is 16.8. The van der Waals surface area contributed by atoms with E-state index < -0.39 is 0 Å². The molecule has 3 rings (SSSR count). The van der Waals surface area contributed by atoms with Crippen LogP contribution in [0.4, 0.5) is 5.69 Å². The summed E-state index contributed by atoms with van der Waals surface area (Å²) in [6.07, 6.45) is 4.29. The third kappa shape index (κ3) is 4.73. The van der Waals surface area contributed by atoms with Gasteiger partial charge in [-0.05, 0) is 24.1 Å². The lowest BCUT2D eigenvalue weighted by molar-refractivity contribution is 0.00385. The van der Waals surface area contributed by atoms with Crippen molar-refractivity contribution in [2.24, 2.45) is 0 Å². The minimum absolute atomic E-state index is 0.108. The first-order chi connectivity index (χ1) is 13.5. The van der Waals surface area contributed by atoms with E-state index in [0.717, 1.165) is 31.6 Å². The lowest BCUT2D eigenvalue weighted by Gasteiger charge is -2.38. The second-order valence-electron chi connectivity index (χ2n) is 6.81. The number of hydrogen-bond acceptors (Lipinski definition) is 6. The second-order valence-corrected chi connectivity index (χ2v) is 7.22. The molecule has 1 aliphatic heterocycles. The van der Waals surface area contributed by atoms with Gasteiger partial charge in [0, 0.05) is 45.2 Å². The largest absolute Gasteiger partial charge is 0.496 e. The Morgan fingerprint density at radius 3 is 2.93 bits per heavy atom. The second kappa shape index (κ2) is 9.23. The first-order valence-corrected chi connectivity index (χ1v) is 9.47. The van der Waals surface area contributed by atoms with Crippen molar-refractivity contribution in [2.45, 2.75) is 25.1 Å². The third-order valence-electron chi connectivity index (χ3n) is 4.95. The maximum atomic E-state index is 12.8.